The van der Waals surface area contributed by atoms with E-state index in [1.807, 2.05) is 13.8 Å². The van der Waals surface area contributed by atoms with E-state index >= 15 is 0 Å². The molecule has 6 heteroatoms. The number of sulfonamides is 1. The lowest BCUT2D eigenvalue weighted by atomic mass is 10.0. The molecule has 0 aromatic heterocycles. The fourth-order valence-electron chi connectivity index (χ4n) is 3.05. The lowest BCUT2D eigenvalue weighted by molar-refractivity contribution is 0.204. The van der Waals surface area contributed by atoms with Crippen molar-refractivity contribution in [2.24, 2.45) is 0 Å². The van der Waals surface area contributed by atoms with Crippen molar-refractivity contribution in [1.29, 1.82) is 0 Å². The van der Waals surface area contributed by atoms with E-state index in [0.717, 1.165) is 19.3 Å². The van der Waals surface area contributed by atoms with E-state index in [1.165, 1.54) is 23.4 Å². The summed E-state index contributed by atoms with van der Waals surface area (Å²) >= 11 is 0. The predicted molar refractivity (Wildman–Crippen MR) is 78.9 cm³/mol. The Labute approximate surface area is 125 Å². The molecule has 1 aliphatic rings. The van der Waals surface area contributed by atoms with Gasteiger partial charge in [-0.25, -0.2) is 12.8 Å². The molecule has 0 spiro atoms. The molecule has 0 radical (unpaired) electrons. The maximum atomic E-state index is 13.9. The number of rotatable bonds is 3. The summed E-state index contributed by atoms with van der Waals surface area (Å²) in [6.45, 7) is 4.84. The van der Waals surface area contributed by atoms with Gasteiger partial charge in [0.1, 0.15) is 5.82 Å². The van der Waals surface area contributed by atoms with E-state index < -0.39 is 15.8 Å². The SMILES string of the molecule is Cc1c(F)cc(CO)cc1S(=O)(=O)N1[C@H](C)CCC[C@@H]1C. The number of halogens is 1. The Bertz CT molecular complexity index is 620. The van der Waals surface area contributed by atoms with Gasteiger partial charge in [-0.05, 0) is 51.3 Å². The van der Waals surface area contributed by atoms with Gasteiger partial charge in [-0.1, -0.05) is 6.42 Å². The Kier molecular flexibility index (Phi) is 4.70. The Hall–Kier alpha value is -0.980. The summed E-state index contributed by atoms with van der Waals surface area (Å²) in [6.07, 6.45) is 2.62. The van der Waals surface area contributed by atoms with E-state index in [9.17, 15) is 17.9 Å². The topological polar surface area (TPSA) is 57.6 Å². The zero-order chi connectivity index (χ0) is 15.8. The van der Waals surface area contributed by atoms with Crippen molar-refractivity contribution in [3.8, 4) is 0 Å². The molecule has 1 heterocycles. The average Bonchev–Trinajstić information content (AvgIpc) is 2.41. The second-order valence-electron chi connectivity index (χ2n) is 5.82. The van der Waals surface area contributed by atoms with Crippen LogP contribution in [-0.4, -0.2) is 29.9 Å². The minimum absolute atomic E-state index is 0.0350. The number of aliphatic hydroxyl groups excluding tert-OH is 1. The number of aliphatic hydroxyl groups is 1. The van der Waals surface area contributed by atoms with Crippen molar-refractivity contribution >= 4 is 10.0 Å². The second-order valence-corrected chi connectivity index (χ2v) is 7.63. The molecule has 0 bridgehead atoms. The summed E-state index contributed by atoms with van der Waals surface area (Å²) < 4.78 is 41.3. The summed E-state index contributed by atoms with van der Waals surface area (Å²) in [4.78, 5) is -0.0350. The largest absolute Gasteiger partial charge is 0.392 e. The van der Waals surface area contributed by atoms with E-state index in [2.05, 4.69) is 0 Å². The molecule has 1 fully saturated rings. The maximum Gasteiger partial charge on any atom is 0.243 e. The first-order valence-electron chi connectivity index (χ1n) is 7.22. The molecule has 0 amide bonds. The maximum absolute atomic E-state index is 13.9. The van der Waals surface area contributed by atoms with Crippen LogP contribution in [0.15, 0.2) is 17.0 Å². The van der Waals surface area contributed by atoms with Gasteiger partial charge < -0.3 is 5.11 Å². The highest BCUT2D eigenvalue weighted by Crippen LogP contribution is 2.32. The zero-order valence-corrected chi connectivity index (χ0v) is 13.5. The van der Waals surface area contributed by atoms with E-state index in [-0.39, 0.29) is 34.7 Å². The fourth-order valence-corrected chi connectivity index (χ4v) is 5.22. The lowest BCUT2D eigenvalue weighted by Crippen LogP contribution is -2.47. The molecule has 1 N–H and O–H groups in total. The van der Waals surface area contributed by atoms with E-state index in [4.69, 9.17) is 0 Å². The average molecular weight is 315 g/mol. The van der Waals surface area contributed by atoms with Gasteiger partial charge in [-0.3, -0.25) is 0 Å². The Morgan fingerprint density at radius 3 is 2.38 bits per heavy atom. The molecule has 21 heavy (non-hydrogen) atoms. The van der Waals surface area contributed by atoms with E-state index in [1.54, 1.807) is 0 Å². The van der Waals surface area contributed by atoms with Crippen LogP contribution in [0.25, 0.3) is 0 Å². The van der Waals surface area contributed by atoms with Crippen molar-refractivity contribution in [1.82, 2.24) is 4.31 Å². The molecule has 118 valence electrons. The summed E-state index contributed by atoms with van der Waals surface area (Å²) in [5.74, 6) is -0.600. The molecule has 0 unspecified atom stereocenters. The number of hydrogen-bond donors (Lipinski definition) is 1. The van der Waals surface area contributed by atoms with Crippen LogP contribution in [-0.2, 0) is 16.6 Å². The van der Waals surface area contributed by atoms with E-state index in [0.29, 0.717) is 0 Å². The van der Waals surface area contributed by atoms with Gasteiger partial charge in [0, 0.05) is 17.6 Å². The smallest absolute Gasteiger partial charge is 0.243 e. The minimum Gasteiger partial charge on any atom is -0.392 e. The van der Waals surface area contributed by atoms with Gasteiger partial charge in [-0.2, -0.15) is 4.31 Å². The molecular formula is C15H22FNO3S. The van der Waals surface area contributed by atoms with Crippen LogP contribution in [0.4, 0.5) is 4.39 Å². The van der Waals surface area contributed by atoms with Gasteiger partial charge in [0.05, 0.1) is 11.5 Å². The van der Waals surface area contributed by atoms with Gasteiger partial charge in [0.2, 0.25) is 10.0 Å². The Morgan fingerprint density at radius 2 is 1.86 bits per heavy atom. The summed E-state index contributed by atoms with van der Waals surface area (Å²) in [5, 5.41) is 9.18. The van der Waals surface area contributed by atoms with Gasteiger partial charge >= 0.3 is 0 Å². The standard InChI is InChI=1S/C15H22FNO3S/c1-10-5-4-6-11(2)17(10)21(19,20)15-8-13(9-18)7-14(16)12(15)3/h7-8,10-11,18H,4-6,9H2,1-3H3/t10-,11+. The molecule has 0 saturated carbocycles. The minimum atomic E-state index is -3.76. The first kappa shape index (κ1) is 16.4. The van der Waals surface area contributed by atoms with Crippen molar-refractivity contribution in [2.45, 2.75) is 63.6 Å². The second kappa shape index (κ2) is 6.02. The number of piperidine rings is 1. The molecular weight excluding hydrogens is 293 g/mol. The van der Waals surface area contributed by atoms with Crippen LogP contribution >= 0.6 is 0 Å². The molecule has 1 aromatic rings. The van der Waals surface area contributed by atoms with Gasteiger partial charge in [0.25, 0.3) is 0 Å². The van der Waals surface area contributed by atoms with Crippen molar-refractivity contribution < 1.29 is 17.9 Å². The first-order valence-corrected chi connectivity index (χ1v) is 8.66. The number of hydrogen-bond acceptors (Lipinski definition) is 3. The third kappa shape index (κ3) is 2.98. The number of nitrogens with zero attached hydrogens (tertiary/aromatic N) is 1. The van der Waals surface area contributed by atoms with Crippen LogP contribution in [0.5, 0.6) is 0 Å². The highest BCUT2D eigenvalue weighted by molar-refractivity contribution is 7.89. The molecule has 4 nitrogen and oxygen atoms in total. The highest BCUT2D eigenvalue weighted by atomic mass is 32.2. The molecule has 1 saturated heterocycles. The van der Waals surface area contributed by atoms with Crippen LogP contribution in [0.3, 0.4) is 0 Å². The fraction of sp³-hybridized carbons (Fsp3) is 0.600. The lowest BCUT2D eigenvalue weighted by Gasteiger charge is -2.38. The third-order valence-corrected chi connectivity index (χ3v) is 6.46. The monoisotopic (exact) mass is 315 g/mol. The van der Waals surface area contributed by atoms with Crippen molar-refractivity contribution in [3.63, 3.8) is 0 Å². The van der Waals surface area contributed by atoms with Crippen LogP contribution in [0.2, 0.25) is 0 Å². The summed E-state index contributed by atoms with van der Waals surface area (Å²) in [6, 6.07) is 2.36. The third-order valence-electron chi connectivity index (χ3n) is 4.21. The molecule has 2 atom stereocenters. The molecule has 1 aromatic carbocycles. The Morgan fingerprint density at radius 1 is 1.29 bits per heavy atom. The molecule has 2 rings (SSSR count). The van der Waals surface area contributed by atoms with Crippen molar-refractivity contribution in [3.05, 3.63) is 29.1 Å². The normalized spacial score (nSPS) is 24.2. The van der Waals surface area contributed by atoms with Gasteiger partial charge in [0.15, 0.2) is 0 Å². The Balaban J connectivity index is 2.55. The van der Waals surface area contributed by atoms with Gasteiger partial charge in [-0.15, -0.1) is 0 Å². The van der Waals surface area contributed by atoms with Crippen LogP contribution in [0.1, 0.15) is 44.2 Å². The zero-order valence-electron chi connectivity index (χ0n) is 12.6. The van der Waals surface area contributed by atoms with Crippen molar-refractivity contribution in [2.75, 3.05) is 0 Å². The number of benzene rings is 1. The highest BCUT2D eigenvalue weighted by Gasteiger charge is 2.36. The summed E-state index contributed by atoms with van der Waals surface area (Å²) in [7, 11) is -3.76. The predicted octanol–water partition coefficient (Wildman–Crippen LogP) is 2.58. The quantitative estimate of drug-likeness (QED) is 0.932. The first-order chi connectivity index (χ1) is 9.78. The van der Waals surface area contributed by atoms with Crippen LogP contribution < -0.4 is 0 Å². The molecule has 0 aliphatic carbocycles. The van der Waals surface area contributed by atoms with Crippen LogP contribution in [0, 0.1) is 12.7 Å². The summed E-state index contributed by atoms with van der Waals surface area (Å²) in [5.41, 5.74) is 0.381. The molecule has 1 aliphatic heterocycles.